The molecule has 0 radical (unpaired) electrons. The number of nitrogens with two attached hydrogens (primary N) is 1. The van der Waals surface area contributed by atoms with Gasteiger partial charge in [-0.25, -0.2) is 4.79 Å². The zero-order valence-corrected chi connectivity index (χ0v) is 14.9. The van der Waals surface area contributed by atoms with Crippen LogP contribution in [0.3, 0.4) is 0 Å². The molecule has 2 aromatic carbocycles. The quantitative estimate of drug-likeness (QED) is 0.343. The third-order valence-electron chi connectivity index (χ3n) is 3.07. The first-order chi connectivity index (χ1) is 12.0. The van der Waals surface area contributed by atoms with Gasteiger partial charge in [-0.15, -0.1) is 0 Å². The molecule has 0 spiro atoms. The molecule has 8 heteroatoms. The molecule has 2 aromatic rings. The number of carbonyl (C=O) groups is 1. The molecule has 0 aliphatic carbocycles. The van der Waals surface area contributed by atoms with Crippen LogP contribution in [0.15, 0.2) is 47.6 Å². The van der Waals surface area contributed by atoms with E-state index in [1.165, 1.54) is 7.11 Å². The summed E-state index contributed by atoms with van der Waals surface area (Å²) < 4.78 is 10.4. The van der Waals surface area contributed by atoms with Crippen LogP contribution in [0.2, 0.25) is 10.0 Å². The fourth-order valence-corrected chi connectivity index (χ4v) is 2.38. The Kier molecular flexibility index (Phi) is 6.91. The van der Waals surface area contributed by atoms with E-state index in [1.54, 1.807) is 42.5 Å². The maximum absolute atomic E-state index is 11.7. The summed E-state index contributed by atoms with van der Waals surface area (Å²) in [5.74, 6) is 0.327. The molecule has 6 nitrogen and oxygen atoms in total. The van der Waals surface area contributed by atoms with Gasteiger partial charge in [0.05, 0.1) is 7.11 Å². The Morgan fingerprint density at radius 2 is 1.88 bits per heavy atom. The summed E-state index contributed by atoms with van der Waals surface area (Å²) in [5, 5.41) is 4.55. The Morgan fingerprint density at radius 1 is 1.16 bits per heavy atom. The van der Waals surface area contributed by atoms with Gasteiger partial charge in [-0.3, -0.25) is 0 Å². The van der Waals surface area contributed by atoms with Crippen molar-refractivity contribution < 1.29 is 19.1 Å². The van der Waals surface area contributed by atoms with E-state index in [2.05, 4.69) is 5.16 Å². The van der Waals surface area contributed by atoms with E-state index in [-0.39, 0.29) is 18.9 Å². The number of hydrogen-bond donors (Lipinski definition) is 1. The van der Waals surface area contributed by atoms with Gasteiger partial charge < -0.3 is 20.0 Å². The highest BCUT2D eigenvalue weighted by Gasteiger charge is 2.09. The van der Waals surface area contributed by atoms with Crippen LogP contribution in [0.25, 0.3) is 0 Å². The van der Waals surface area contributed by atoms with E-state index < -0.39 is 5.97 Å². The number of nitrogens with zero attached hydrogens (tertiary/aromatic N) is 1. The van der Waals surface area contributed by atoms with Gasteiger partial charge in [0.2, 0.25) is 0 Å². The lowest BCUT2D eigenvalue weighted by Gasteiger charge is -2.08. The van der Waals surface area contributed by atoms with Crippen LogP contribution in [0.1, 0.15) is 5.56 Å². The minimum atomic E-state index is -0.698. The molecule has 0 bridgehead atoms. The van der Waals surface area contributed by atoms with Gasteiger partial charge in [0, 0.05) is 16.5 Å². The standard InChI is InChI=1S/C17H16Cl2N2O4/c1-23-14-4-2-3-5-15(14)24-10-17(22)25-21-16(20)8-11-6-7-12(18)9-13(11)19/h2-7,9H,8,10H2,1H3,(H2,20,21). The van der Waals surface area contributed by atoms with Crippen LogP contribution >= 0.6 is 23.2 Å². The SMILES string of the molecule is COc1ccccc1OCC(=O)ON=C(N)Cc1ccc(Cl)cc1Cl. The number of halogens is 2. The summed E-state index contributed by atoms with van der Waals surface area (Å²) in [5.41, 5.74) is 6.45. The third kappa shape index (κ3) is 5.85. The average molecular weight is 383 g/mol. The molecule has 2 rings (SSSR count). The number of oxime groups is 1. The smallest absolute Gasteiger partial charge is 0.372 e. The van der Waals surface area contributed by atoms with Gasteiger partial charge in [-0.05, 0) is 29.8 Å². The van der Waals surface area contributed by atoms with E-state index in [4.69, 9.17) is 43.2 Å². The van der Waals surface area contributed by atoms with Crippen molar-refractivity contribution in [1.29, 1.82) is 0 Å². The second-order valence-corrected chi connectivity index (χ2v) is 5.74. The highest BCUT2D eigenvalue weighted by Crippen LogP contribution is 2.25. The van der Waals surface area contributed by atoms with E-state index in [9.17, 15) is 4.79 Å². The van der Waals surface area contributed by atoms with Crippen molar-refractivity contribution in [2.45, 2.75) is 6.42 Å². The average Bonchev–Trinajstić information content (AvgIpc) is 2.60. The zero-order valence-electron chi connectivity index (χ0n) is 13.4. The van der Waals surface area contributed by atoms with Gasteiger partial charge in [0.15, 0.2) is 18.1 Å². The molecule has 132 valence electrons. The molecule has 25 heavy (non-hydrogen) atoms. The number of hydrogen-bond acceptors (Lipinski definition) is 5. The summed E-state index contributed by atoms with van der Waals surface area (Å²) in [4.78, 5) is 16.4. The molecule has 0 aliphatic heterocycles. The van der Waals surface area contributed by atoms with Gasteiger partial charge in [0.25, 0.3) is 0 Å². The zero-order chi connectivity index (χ0) is 18.2. The first-order valence-corrected chi connectivity index (χ1v) is 7.97. The van der Waals surface area contributed by atoms with Gasteiger partial charge in [-0.1, -0.05) is 46.6 Å². The molecular weight excluding hydrogens is 367 g/mol. The van der Waals surface area contributed by atoms with Crippen molar-refractivity contribution >= 4 is 35.0 Å². The summed E-state index contributed by atoms with van der Waals surface area (Å²) in [7, 11) is 1.51. The number of methoxy groups -OCH3 is 1. The van der Waals surface area contributed by atoms with E-state index in [0.29, 0.717) is 27.1 Å². The van der Waals surface area contributed by atoms with Crippen molar-refractivity contribution in [2.24, 2.45) is 10.9 Å². The molecule has 0 atom stereocenters. The van der Waals surface area contributed by atoms with Gasteiger partial charge in [-0.2, -0.15) is 0 Å². The lowest BCUT2D eigenvalue weighted by Crippen LogP contribution is -2.19. The van der Waals surface area contributed by atoms with Crippen LogP contribution in [0.4, 0.5) is 0 Å². The molecule has 0 heterocycles. The molecule has 2 N–H and O–H groups in total. The highest BCUT2D eigenvalue weighted by atomic mass is 35.5. The van der Waals surface area contributed by atoms with Crippen molar-refractivity contribution in [1.82, 2.24) is 0 Å². The maximum Gasteiger partial charge on any atom is 0.372 e. The largest absolute Gasteiger partial charge is 0.493 e. The summed E-state index contributed by atoms with van der Waals surface area (Å²) in [6.45, 7) is -0.334. The first-order valence-electron chi connectivity index (χ1n) is 7.21. The summed E-state index contributed by atoms with van der Waals surface area (Å²) >= 11 is 11.9. The topological polar surface area (TPSA) is 83.1 Å². The minimum Gasteiger partial charge on any atom is -0.493 e. The Labute approximate surface area is 155 Å². The normalized spacial score (nSPS) is 11.1. The lowest BCUT2D eigenvalue weighted by atomic mass is 10.1. The minimum absolute atomic E-state index is 0.0925. The van der Waals surface area contributed by atoms with Crippen LogP contribution in [0, 0.1) is 0 Å². The summed E-state index contributed by atoms with van der Waals surface area (Å²) in [6.07, 6.45) is 0.219. The van der Waals surface area contributed by atoms with Crippen molar-refractivity contribution in [3.63, 3.8) is 0 Å². The Bertz CT molecular complexity index is 781. The number of para-hydroxylation sites is 2. The second-order valence-electron chi connectivity index (χ2n) is 4.90. The maximum atomic E-state index is 11.7. The first kappa shape index (κ1) is 18.9. The van der Waals surface area contributed by atoms with Crippen LogP contribution in [-0.2, 0) is 16.1 Å². The molecule has 0 unspecified atom stereocenters. The highest BCUT2D eigenvalue weighted by molar-refractivity contribution is 6.35. The van der Waals surface area contributed by atoms with E-state index in [0.717, 1.165) is 0 Å². The predicted octanol–water partition coefficient (Wildman–Crippen LogP) is 3.44. The molecule has 0 aliphatic rings. The van der Waals surface area contributed by atoms with Crippen LogP contribution in [-0.4, -0.2) is 25.5 Å². The summed E-state index contributed by atoms with van der Waals surface area (Å²) in [6, 6.07) is 11.9. The number of carbonyl (C=O) groups excluding carboxylic acids is 1. The number of rotatable bonds is 7. The fourth-order valence-electron chi connectivity index (χ4n) is 1.90. The lowest BCUT2D eigenvalue weighted by molar-refractivity contribution is -0.146. The van der Waals surface area contributed by atoms with Gasteiger partial charge >= 0.3 is 5.97 Å². The second kappa shape index (κ2) is 9.15. The number of benzene rings is 2. The monoisotopic (exact) mass is 382 g/mol. The number of amidine groups is 1. The van der Waals surface area contributed by atoms with E-state index in [1.807, 2.05) is 0 Å². The Morgan fingerprint density at radius 3 is 2.56 bits per heavy atom. The number of ether oxygens (including phenoxy) is 2. The third-order valence-corrected chi connectivity index (χ3v) is 3.65. The van der Waals surface area contributed by atoms with Crippen LogP contribution in [0.5, 0.6) is 11.5 Å². The van der Waals surface area contributed by atoms with Gasteiger partial charge in [0.1, 0.15) is 5.84 Å². The fraction of sp³-hybridized carbons (Fsp3) is 0.176. The molecule has 0 saturated carbocycles. The molecular formula is C17H16Cl2N2O4. The van der Waals surface area contributed by atoms with Crippen molar-refractivity contribution in [3.8, 4) is 11.5 Å². The van der Waals surface area contributed by atoms with Crippen molar-refractivity contribution in [3.05, 3.63) is 58.1 Å². The van der Waals surface area contributed by atoms with Crippen LogP contribution < -0.4 is 15.2 Å². The Hall–Kier alpha value is -2.44. The Balaban J connectivity index is 1.86. The molecule has 0 saturated heterocycles. The molecule has 0 aromatic heterocycles. The predicted molar refractivity (Wildman–Crippen MR) is 96.4 cm³/mol. The molecule has 0 amide bonds. The van der Waals surface area contributed by atoms with E-state index >= 15 is 0 Å². The van der Waals surface area contributed by atoms with Crippen molar-refractivity contribution in [2.75, 3.05) is 13.7 Å². The molecule has 0 fully saturated rings.